The minimum Gasteiger partial charge on any atom is -0.387 e. The third kappa shape index (κ3) is 2.94. The molecule has 1 rings (SSSR count). The van der Waals surface area contributed by atoms with Gasteiger partial charge in [0.15, 0.2) is 0 Å². The van der Waals surface area contributed by atoms with Gasteiger partial charge in [-0.3, -0.25) is 0 Å². The lowest BCUT2D eigenvalue weighted by molar-refractivity contribution is -0.0719. The molecular weight excluding hydrogens is 231 g/mol. The minimum atomic E-state index is -1.15. The Balaban J connectivity index is 2.96. The lowest BCUT2D eigenvalue weighted by atomic mass is 9.91. The maximum Gasteiger partial charge on any atom is 0.127 e. The van der Waals surface area contributed by atoms with Crippen LogP contribution in [0, 0.1) is 5.82 Å². The Kier molecular flexibility index (Phi) is 4.30. The summed E-state index contributed by atoms with van der Waals surface area (Å²) in [5.41, 5.74) is -0.835. The van der Waals surface area contributed by atoms with Crippen LogP contribution < -0.4 is 0 Å². The van der Waals surface area contributed by atoms with Crippen LogP contribution in [-0.4, -0.2) is 23.9 Å². The average molecular weight is 247 g/mol. The summed E-state index contributed by atoms with van der Waals surface area (Å²) in [5.74, 6) is -0.406. The average Bonchev–Trinajstić information content (AvgIpc) is 2.22. The molecule has 0 fully saturated rings. The third-order valence-corrected chi connectivity index (χ3v) is 3.18. The van der Waals surface area contributed by atoms with Gasteiger partial charge in [-0.1, -0.05) is 17.7 Å². The third-order valence-electron chi connectivity index (χ3n) is 2.83. The van der Waals surface area contributed by atoms with Gasteiger partial charge in [-0.15, -0.1) is 0 Å². The summed E-state index contributed by atoms with van der Waals surface area (Å²) in [6.07, 6.45) is -0.281. The van der Waals surface area contributed by atoms with Crippen LogP contribution in [0.5, 0.6) is 0 Å². The Hall–Kier alpha value is -0.640. The highest BCUT2D eigenvalue weighted by Gasteiger charge is 2.30. The molecule has 0 aliphatic heterocycles. The van der Waals surface area contributed by atoms with E-state index >= 15 is 0 Å². The maximum atomic E-state index is 13.5. The predicted molar refractivity (Wildman–Crippen MR) is 62.2 cm³/mol. The van der Waals surface area contributed by atoms with Crippen LogP contribution >= 0.6 is 11.6 Å². The molecule has 90 valence electrons. The van der Waals surface area contributed by atoms with E-state index in [0.29, 0.717) is 10.6 Å². The second-order valence-corrected chi connectivity index (χ2v) is 4.52. The van der Waals surface area contributed by atoms with E-state index in [4.69, 9.17) is 16.3 Å². The lowest BCUT2D eigenvalue weighted by Gasteiger charge is -2.29. The van der Waals surface area contributed by atoms with Crippen LogP contribution in [0.3, 0.4) is 0 Å². The van der Waals surface area contributed by atoms with Gasteiger partial charge in [0.1, 0.15) is 5.82 Å². The molecule has 1 aromatic carbocycles. The summed E-state index contributed by atoms with van der Waals surface area (Å²) in [4.78, 5) is 0. The Morgan fingerprint density at radius 2 is 2.19 bits per heavy atom. The second kappa shape index (κ2) is 5.13. The van der Waals surface area contributed by atoms with Crippen LogP contribution in [0.15, 0.2) is 18.2 Å². The standard InChI is InChI=1S/C12H16ClFO2/c1-8(16-3)12(2,15)7-9-10(13)5-4-6-11(9)14/h4-6,8,15H,7H2,1-3H3. The molecule has 2 nitrogen and oxygen atoms in total. The number of methoxy groups -OCH3 is 1. The van der Waals surface area contributed by atoms with Crippen molar-refractivity contribution < 1.29 is 14.2 Å². The highest BCUT2D eigenvalue weighted by molar-refractivity contribution is 6.31. The maximum absolute atomic E-state index is 13.5. The van der Waals surface area contributed by atoms with Gasteiger partial charge in [0.25, 0.3) is 0 Å². The first-order valence-electron chi connectivity index (χ1n) is 5.06. The van der Waals surface area contributed by atoms with Gasteiger partial charge in [-0.25, -0.2) is 4.39 Å². The molecule has 0 saturated heterocycles. The van der Waals surface area contributed by atoms with E-state index in [1.165, 1.54) is 19.2 Å². The van der Waals surface area contributed by atoms with Crippen LogP contribution in [0.1, 0.15) is 19.4 Å². The molecule has 0 spiro atoms. The molecule has 16 heavy (non-hydrogen) atoms. The zero-order valence-electron chi connectivity index (χ0n) is 9.63. The van der Waals surface area contributed by atoms with Crippen molar-refractivity contribution in [3.8, 4) is 0 Å². The van der Waals surface area contributed by atoms with Crippen molar-refractivity contribution in [3.05, 3.63) is 34.6 Å². The Morgan fingerprint density at radius 1 is 1.56 bits per heavy atom. The predicted octanol–water partition coefficient (Wildman–Crippen LogP) is 2.81. The zero-order chi connectivity index (χ0) is 12.3. The Labute approximate surface area is 100.0 Å². The van der Waals surface area contributed by atoms with E-state index in [0.717, 1.165) is 0 Å². The highest BCUT2D eigenvalue weighted by atomic mass is 35.5. The van der Waals surface area contributed by atoms with Crippen molar-refractivity contribution in [3.63, 3.8) is 0 Å². The van der Waals surface area contributed by atoms with E-state index in [2.05, 4.69) is 0 Å². The van der Waals surface area contributed by atoms with Crippen molar-refractivity contribution in [1.82, 2.24) is 0 Å². The van der Waals surface area contributed by atoms with E-state index in [-0.39, 0.29) is 6.42 Å². The van der Waals surface area contributed by atoms with Crippen molar-refractivity contribution in [2.24, 2.45) is 0 Å². The summed E-state index contributed by atoms with van der Waals surface area (Å²) in [6.45, 7) is 3.33. The van der Waals surface area contributed by atoms with Gasteiger partial charge in [0.2, 0.25) is 0 Å². The number of halogens is 2. The largest absolute Gasteiger partial charge is 0.387 e. The summed E-state index contributed by atoms with van der Waals surface area (Å²) in [6, 6.07) is 4.47. The first-order chi connectivity index (χ1) is 7.38. The second-order valence-electron chi connectivity index (χ2n) is 4.11. The molecule has 0 radical (unpaired) electrons. The molecule has 1 N–H and O–H groups in total. The summed E-state index contributed by atoms with van der Waals surface area (Å²) >= 11 is 5.89. The Morgan fingerprint density at radius 3 is 2.69 bits per heavy atom. The number of hydrogen-bond donors (Lipinski definition) is 1. The van der Waals surface area contributed by atoms with Crippen molar-refractivity contribution in [1.29, 1.82) is 0 Å². The summed E-state index contributed by atoms with van der Waals surface area (Å²) in [7, 11) is 1.50. The smallest absolute Gasteiger partial charge is 0.127 e. The van der Waals surface area contributed by atoms with Crippen LogP contribution in [0.25, 0.3) is 0 Å². The van der Waals surface area contributed by atoms with Crippen LogP contribution in [0.2, 0.25) is 5.02 Å². The molecule has 0 aromatic heterocycles. The fraction of sp³-hybridized carbons (Fsp3) is 0.500. The molecule has 0 saturated carbocycles. The first-order valence-corrected chi connectivity index (χ1v) is 5.44. The Bertz CT molecular complexity index is 346. The topological polar surface area (TPSA) is 29.5 Å². The first kappa shape index (κ1) is 13.4. The molecule has 2 atom stereocenters. The van der Waals surface area contributed by atoms with Crippen molar-refractivity contribution in [2.45, 2.75) is 32.0 Å². The van der Waals surface area contributed by atoms with Gasteiger partial charge < -0.3 is 9.84 Å². The molecule has 0 bridgehead atoms. The fourth-order valence-corrected chi connectivity index (χ4v) is 1.69. The fourth-order valence-electron chi connectivity index (χ4n) is 1.46. The molecule has 2 unspecified atom stereocenters. The normalized spacial score (nSPS) is 16.9. The number of rotatable bonds is 4. The molecule has 1 aromatic rings. The number of benzene rings is 1. The summed E-state index contributed by atoms with van der Waals surface area (Å²) in [5, 5.41) is 10.5. The van der Waals surface area contributed by atoms with E-state index < -0.39 is 17.5 Å². The SMILES string of the molecule is COC(C)C(C)(O)Cc1c(F)cccc1Cl. The molecule has 0 aliphatic carbocycles. The highest BCUT2D eigenvalue weighted by Crippen LogP contribution is 2.26. The number of aliphatic hydroxyl groups is 1. The van der Waals surface area contributed by atoms with Gasteiger partial charge >= 0.3 is 0 Å². The van der Waals surface area contributed by atoms with E-state index in [1.54, 1.807) is 19.9 Å². The van der Waals surface area contributed by atoms with Gasteiger partial charge in [0, 0.05) is 24.1 Å². The molecule has 0 heterocycles. The van der Waals surface area contributed by atoms with Gasteiger partial charge in [-0.05, 0) is 26.0 Å². The van der Waals surface area contributed by atoms with Crippen molar-refractivity contribution in [2.75, 3.05) is 7.11 Å². The van der Waals surface area contributed by atoms with E-state index in [9.17, 15) is 9.50 Å². The van der Waals surface area contributed by atoms with Crippen molar-refractivity contribution >= 4 is 11.6 Å². The number of hydrogen-bond acceptors (Lipinski definition) is 2. The monoisotopic (exact) mass is 246 g/mol. The summed E-state index contributed by atoms with van der Waals surface area (Å²) < 4.78 is 18.6. The zero-order valence-corrected chi connectivity index (χ0v) is 10.4. The van der Waals surface area contributed by atoms with Gasteiger partial charge in [0.05, 0.1) is 11.7 Å². The lowest BCUT2D eigenvalue weighted by Crippen LogP contribution is -2.40. The van der Waals surface area contributed by atoms with Gasteiger partial charge in [-0.2, -0.15) is 0 Å². The molecule has 4 heteroatoms. The molecular formula is C12H16ClFO2. The van der Waals surface area contributed by atoms with E-state index in [1.807, 2.05) is 0 Å². The molecule has 0 amide bonds. The van der Waals surface area contributed by atoms with Crippen LogP contribution in [-0.2, 0) is 11.2 Å². The van der Waals surface area contributed by atoms with Crippen LogP contribution in [0.4, 0.5) is 4.39 Å². The number of ether oxygens (including phenoxy) is 1. The molecule has 0 aliphatic rings. The quantitative estimate of drug-likeness (QED) is 0.885. The minimum absolute atomic E-state index is 0.119.